The first-order chi connectivity index (χ1) is 9.29. The quantitative estimate of drug-likeness (QED) is 0.370. The molecule has 2 aromatic rings. The number of hydrogen-bond donors (Lipinski definition) is 2. The van der Waals surface area contributed by atoms with Crippen LogP contribution >= 0.6 is 0 Å². The second kappa shape index (κ2) is 6.39. The summed E-state index contributed by atoms with van der Waals surface area (Å²) >= 11 is 0. The topological polar surface area (TPSA) is 80.7 Å². The maximum atomic E-state index is 8.62. The summed E-state index contributed by atoms with van der Waals surface area (Å²) in [5.41, 5.74) is 7.12. The van der Waals surface area contributed by atoms with Crippen molar-refractivity contribution in [2.75, 3.05) is 6.61 Å². The standard InChI is InChI=1S/C14H15N3O2/c15-14(17-18)11-4-3-6-13(10-11)19-9-7-12-5-1-2-8-16-12/h1-6,8,10,18H,7,9H2,(H2,15,17). The normalized spacial score (nSPS) is 11.3. The van der Waals surface area contributed by atoms with Crippen LogP contribution in [-0.4, -0.2) is 22.6 Å². The molecule has 3 N–H and O–H groups in total. The zero-order valence-corrected chi connectivity index (χ0v) is 10.4. The Hall–Kier alpha value is -2.56. The van der Waals surface area contributed by atoms with Gasteiger partial charge < -0.3 is 15.7 Å². The lowest BCUT2D eigenvalue weighted by Crippen LogP contribution is -2.13. The highest BCUT2D eigenvalue weighted by Gasteiger charge is 2.01. The minimum absolute atomic E-state index is 0.0650. The van der Waals surface area contributed by atoms with Gasteiger partial charge in [0.25, 0.3) is 0 Å². The fourth-order valence-electron chi connectivity index (χ4n) is 1.62. The fourth-order valence-corrected chi connectivity index (χ4v) is 1.62. The van der Waals surface area contributed by atoms with E-state index in [1.54, 1.807) is 24.4 Å². The summed E-state index contributed by atoms with van der Waals surface area (Å²) in [4.78, 5) is 4.22. The Labute approximate surface area is 111 Å². The molecule has 0 saturated carbocycles. The molecule has 0 aliphatic rings. The number of hydrogen-bond acceptors (Lipinski definition) is 4. The van der Waals surface area contributed by atoms with E-state index in [0.29, 0.717) is 17.9 Å². The molecule has 0 aliphatic heterocycles. The van der Waals surface area contributed by atoms with Crippen molar-refractivity contribution < 1.29 is 9.94 Å². The van der Waals surface area contributed by atoms with Crippen molar-refractivity contribution in [3.05, 3.63) is 59.9 Å². The van der Waals surface area contributed by atoms with Crippen LogP contribution in [0.5, 0.6) is 5.75 Å². The van der Waals surface area contributed by atoms with Gasteiger partial charge in [-0.2, -0.15) is 0 Å². The Morgan fingerprint density at radius 2 is 2.16 bits per heavy atom. The lowest BCUT2D eigenvalue weighted by molar-refractivity contribution is 0.317. The van der Waals surface area contributed by atoms with Crippen LogP contribution in [0, 0.1) is 0 Å². The molecule has 0 saturated heterocycles. The second-order valence-electron chi connectivity index (χ2n) is 3.93. The maximum Gasteiger partial charge on any atom is 0.170 e. The van der Waals surface area contributed by atoms with E-state index in [0.717, 1.165) is 12.1 Å². The van der Waals surface area contributed by atoms with Crippen molar-refractivity contribution in [3.8, 4) is 5.75 Å². The molecule has 1 aromatic heterocycles. The van der Waals surface area contributed by atoms with Gasteiger partial charge in [-0.15, -0.1) is 0 Å². The number of aromatic nitrogens is 1. The molecule has 0 unspecified atom stereocenters. The van der Waals surface area contributed by atoms with Gasteiger partial charge in [-0.05, 0) is 24.3 Å². The number of amidine groups is 1. The van der Waals surface area contributed by atoms with Gasteiger partial charge in [-0.25, -0.2) is 0 Å². The summed E-state index contributed by atoms with van der Waals surface area (Å²) in [5.74, 6) is 0.746. The largest absolute Gasteiger partial charge is 0.493 e. The Morgan fingerprint density at radius 3 is 2.89 bits per heavy atom. The number of pyridine rings is 1. The summed E-state index contributed by atoms with van der Waals surface area (Å²) in [5, 5.41) is 11.6. The van der Waals surface area contributed by atoms with E-state index in [4.69, 9.17) is 15.7 Å². The van der Waals surface area contributed by atoms with Crippen molar-refractivity contribution >= 4 is 5.84 Å². The molecule has 0 radical (unpaired) electrons. The van der Waals surface area contributed by atoms with Gasteiger partial charge in [0.1, 0.15) is 5.75 Å². The van der Waals surface area contributed by atoms with E-state index >= 15 is 0 Å². The third kappa shape index (κ3) is 3.70. The SMILES string of the molecule is N/C(=N\O)c1cccc(OCCc2ccccn2)c1. The number of ether oxygens (including phenoxy) is 1. The first-order valence-electron chi connectivity index (χ1n) is 5.90. The molecule has 0 aliphatic carbocycles. The third-order valence-electron chi connectivity index (χ3n) is 2.59. The Bertz CT molecular complexity index is 556. The van der Waals surface area contributed by atoms with Gasteiger partial charge in [0.05, 0.1) is 6.61 Å². The summed E-state index contributed by atoms with van der Waals surface area (Å²) in [6.45, 7) is 0.524. The molecule has 2 rings (SSSR count). The predicted octanol–water partition coefficient (Wildman–Crippen LogP) is 1.80. The van der Waals surface area contributed by atoms with Crippen molar-refractivity contribution in [1.82, 2.24) is 4.98 Å². The van der Waals surface area contributed by atoms with Crippen molar-refractivity contribution in [1.29, 1.82) is 0 Å². The minimum atomic E-state index is 0.0650. The molecule has 19 heavy (non-hydrogen) atoms. The van der Waals surface area contributed by atoms with E-state index in [1.807, 2.05) is 24.3 Å². The van der Waals surface area contributed by atoms with E-state index in [1.165, 1.54) is 0 Å². The first kappa shape index (κ1) is 12.9. The van der Waals surface area contributed by atoms with Gasteiger partial charge in [0.2, 0.25) is 0 Å². The molecule has 0 atom stereocenters. The number of benzene rings is 1. The fraction of sp³-hybridized carbons (Fsp3) is 0.143. The molecule has 5 nitrogen and oxygen atoms in total. The van der Waals surface area contributed by atoms with Crippen LogP contribution in [-0.2, 0) is 6.42 Å². The smallest absolute Gasteiger partial charge is 0.170 e. The van der Waals surface area contributed by atoms with Gasteiger partial charge in [-0.3, -0.25) is 4.98 Å². The monoisotopic (exact) mass is 257 g/mol. The second-order valence-corrected chi connectivity index (χ2v) is 3.93. The molecule has 5 heteroatoms. The number of nitrogens with two attached hydrogens (primary N) is 1. The van der Waals surface area contributed by atoms with E-state index in [2.05, 4.69) is 10.1 Å². The van der Waals surface area contributed by atoms with Crippen molar-refractivity contribution in [2.24, 2.45) is 10.9 Å². The highest BCUT2D eigenvalue weighted by molar-refractivity contribution is 5.97. The van der Waals surface area contributed by atoms with Gasteiger partial charge in [-0.1, -0.05) is 23.4 Å². The molecule has 1 heterocycles. The molecule has 98 valence electrons. The van der Waals surface area contributed by atoms with E-state index in [-0.39, 0.29) is 5.84 Å². The van der Waals surface area contributed by atoms with Crippen LogP contribution in [0.2, 0.25) is 0 Å². The summed E-state index contributed by atoms with van der Waals surface area (Å²) < 4.78 is 5.61. The number of oxime groups is 1. The average molecular weight is 257 g/mol. The summed E-state index contributed by atoms with van der Waals surface area (Å²) in [6.07, 6.45) is 2.49. The van der Waals surface area contributed by atoms with Crippen LogP contribution in [0.25, 0.3) is 0 Å². The molecule has 1 aromatic carbocycles. The average Bonchev–Trinajstić information content (AvgIpc) is 2.48. The maximum absolute atomic E-state index is 8.62. The Balaban J connectivity index is 1.93. The highest BCUT2D eigenvalue weighted by Crippen LogP contribution is 2.13. The lowest BCUT2D eigenvalue weighted by atomic mass is 10.2. The molecule has 0 fully saturated rings. The van der Waals surface area contributed by atoms with Crippen LogP contribution in [0.4, 0.5) is 0 Å². The molecule has 0 bridgehead atoms. The predicted molar refractivity (Wildman–Crippen MR) is 72.4 cm³/mol. The van der Waals surface area contributed by atoms with E-state index < -0.39 is 0 Å². The summed E-state index contributed by atoms with van der Waals surface area (Å²) in [6, 6.07) is 12.9. The zero-order valence-electron chi connectivity index (χ0n) is 10.4. The van der Waals surface area contributed by atoms with Gasteiger partial charge >= 0.3 is 0 Å². The molecule has 0 amide bonds. The number of nitrogens with zero attached hydrogens (tertiary/aromatic N) is 2. The van der Waals surface area contributed by atoms with Crippen LogP contribution in [0.3, 0.4) is 0 Å². The molecular weight excluding hydrogens is 242 g/mol. The third-order valence-corrected chi connectivity index (χ3v) is 2.59. The lowest BCUT2D eigenvalue weighted by Gasteiger charge is -2.07. The zero-order chi connectivity index (χ0) is 13.5. The molecule has 0 spiro atoms. The van der Waals surface area contributed by atoms with Crippen molar-refractivity contribution in [2.45, 2.75) is 6.42 Å². The Morgan fingerprint density at radius 1 is 1.26 bits per heavy atom. The highest BCUT2D eigenvalue weighted by atomic mass is 16.5. The van der Waals surface area contributed by atoms with Crippen LogP contribution in [0.1, 0.15) is 11.3 Å². The number of rotatable bonds is 5. The Kier molecular flexibility index (Phi) is 4.34. The van der Waals surface area contributed by atoms with Crippen LogP contribution < -0.4 is 10.5 Å². The first-order valence-corrected chi connectivity index (χ1v) is 5.90. The van der Waals surface area contributed by atoms with Gasteiger partial charge in [0, 0.05) is 23.9 Å². The minimum Gasteiger partial charge on any atom is -0.493 e. The summed E-state index contributed by atoms with van der Waals surface area (Å²) in [7, 11) is 0. The molecular formula is C14H15N3O2. The van der Waals surface area contributed by atoms with Crippen LogP contribution in [0.15, 0.2) is 53.8 Å². The van der Waals surface area contributed by atoms with E-state index in [9.17, 15) is 0 Å². The van der Waals surface area contributed by atoms with Gasteiger partial charge in [0.15, 0.2) is 5.84 Å². The van der Waals surface area contributed by atoms with Crippen molar-refractivity contribution in [3.63, 3.8) is 0 Å².